The van der Waals surface area contributed by atoms with Crippen LogP contribution in [0.1, 0.15) is 16.9 Å². The Morgan fingerprint density at radius 1 is 1.55 bits per heavy atom. The fourth-order valence-electron chi connectivity index (χ4n) is 2.13. The van der Waals surface area contributed by atoms with Crippen molar-refractivity contribution in [2.45, 2.75) is 19.0 Å². The molecule has 0 bridgehead atoms. The highest BCUT2D eigenvalue weighted by atomic mass is 16.5. The zero-order valence-corrected chi connectivity index (χ0v) is 11.2. The lowest BCUT2D eigenvalue weighted by molar-refractivity contribution is 0.0690. The van der Waals surface area contributed by atoms with Crippen molar-refractivity contribution in [3.63, 3.8) is 0 Å². The molecule has 110 valence electrons. The minimum Gasteiger partial charge on any atom is -0.476 e. The molecule has 1 fully saturated rings. The quantitative estimate of drug-likeness (QED) is 0.743. The summed E-state index contributed by atoms with van der Waals surface area (Å²) in [7, 11) is 1.34. The predicted molar refractivity (Wildman–Crippen MR) is 67.4 cm³/mol. The van der Waals surface area contributed by atoms with E-state index in [-0.39, 0.29) is 11.7 Å². The Morgan fingerprint density at radius 2 is 2.35 bits per heavy atom. The molecule has 9 nitrogen and oxygen atoms in total. The number of rotatable bonds is 5. The molecule has 2 rings (SSSR count). The van der Waals surface area contributed by atoms with Gasteiger partial charge in [0.2, 0.25) is 0 Å². The van der Waals surface area contributed by atoms with E-state index in [2.05, 4.69) is 25.3 Å². The number of carboxylic acids is 1. The number of alkyl carbamates (subject to hydrolysis) is 1. The van der Waals surface area contributed by atoms with Gasteiger partial charge in [0, 0.05) is 25.7 Å². The van der Waals surface area contributed by atoms with Crippen molar-refractivity contribution >= 4 is 12.1 Å². The van der Waals surface area contributed by atoms with Crippen molar-refractivity contribution in [3.05, 3.63) is 11.9 Å². The minimum atomic E-state index is -1.08. The molecule has 1 aliphatic rings. The van der Waals surface area contributed by atoms with E-state index in [1.54, 1.807) is 0 Å². The number of carbonyl (C=O) groups is 2. The van der Waals surface area contributed by atoms with E-state index in [1.165, 1.54) is 18.0 Å². The molecule has 1 amide bonds. The van der Waals surface area contributed by atoms with Crippen LogP contribution in [-0.4, -0.2) is 69.8 Å². The molecule has 1 aromatic heterocycles. The highest BCUT2D eigenvalue weighted by Gasteiger charge is 2.23. The third kappa shape index (κ3) is 3.67. The topological polar surface area (TPSA) is 110 Å². The van der Waals surface area contributed by atoms with Gasteiger partial charge in [-0.2, -0.15) is 0 Å². The van der Waals surface area contributed by atoms with Crippen LogP contribution < -0.4 is 5.32 Å². The van der Waals surface area contributed by atoms with Crippen LogP contribution in [0.5, 0.6) is 0 Å². The van der Waals surface area contributed by atoms with Gasteiger partial charge in [-0.15, -0.1) is 5.10 Å². The molecule has 0 spiro atoms. The molecule has 9 heteroatoms. The van der Waals surface area contributed by atoms with Crippen molar-refractivity contribution in [1.82, 2.24) is 25.2 Å². The summed E-state index contributed by atoms with van der Waals surface area (Å²) in [4.78, 5) is 23.9. The number of carbonyl (C=O) groups excluding carboxylic acids is 1. The highest BCUT2D eigenvalue weighted by Crippen LogP contribution is 2.09. The third-order valence-electron chi connectivity index (χ3n) is 3.18. The number of hydrogen-bond donors (Lipinski definition) is 2. The van der Waals surface area contributed by atoms with Crippen molar-refractivity contribution in [2.75, 3.05) is 26.7 Å². The molecule has 1 aliphatic heterocycles. The van der Waals surface area contributed by atoms with E-state index in [4.69, 9.17) is 5.11 Å². The van der Waals surface area contributed by atoms with Crippen LogP contribution in [0, 0.1) is 0 Å². The molecule has 0 saturated carbocycles. The summed E-state index contributed by atoms with van der Waals surface area (Å²) < 4.78 is 6.06. The number of aromatic nitrogens is 3. The summed E-state index contributed by atoms with van der Waals surface area (Å²) in [5.74, 6) is -1.08. The molecular formula is C11H17N5O4. The number of carboxylic acid groups (broad SMARTS) is 1. The Morgan fingerprint density at radius 3 is 3.00 bits per heavy atom. The van der Waals surface area contributed by atoms with E-state index >= 15 is 0 Å². The lowest BCUT2D eigenvalue weighted by atomic mass is 10.3. The minimum absolute atomic E-state index is 0.0587. The Labute approximate surface area is 115 Å². The monoisotopic (exact) mass is 283 g/mol. The molecule has 1 saturated heterocycles. The van der Waals surface area contributed by atoms with E-state index in [0.717, 1.165) is 26.1 Å². The van der Waals surface area contributed by atoms with Crippen LogP contribution in [0.4, 0.5) is 4.79 Å². The number of nitrogens with zero attached hydrogens (tertiary/aromatic N) is 4. The maximum atomic E-state index is 11.1. The fraction of sp³-hybridized carbons (Fsp3) is 0.636. The number of hydrogen-bond acceptors (Lipinski definition) is 6. The molecule has 0 aliphatic carbocycles. The molecule has 2 heterocycles. The molecule has 20 heavy (non-hydrogen) atoms. The number of likely N-dealkylation sites (tertiary alicyclic amines) is 1. The number of amides is 1. The largest absolute Gasteiger partial charge is 0.476 e. The number of ether oxygens (including phenoxy) is 1. The molecule has 0 radical (unpaired) electrons. The first-order valence-electron chi connectivity index (χ1n) is 6.28. The van der Waals surface area contributed by atoms with Crippen LogP contribution in [0.15, 0.2) is 6.20 Å². The van der Waals surface area contributed by atoms with Crippen LogP contribution in [-0.2, 0) is 11.3 Å². The summed E-state index contributed by atoms with van der Waals surface area (Å²) in [5.41, 5.74) is -0.0587. The Kier molecular flexibility index (Phi) is 4.51. The van der Waals surface area contributed by atoms with Crippen LogP contribution in [0.2, 0.25) is 0 Å². The standard InChI is InChI=1S/C11H17N5O4/c1-20-11(19)12-8-2-3-15(6-8)4-5-16-7-9(10(17)18)13-14-16/h7-8H,2-6H2,1H3,(H,12,19)(H,17,18). The van der Waals surface area contributed by atoms with Crippen molar-refractivity contribution in [1.29, 1.82) is 0 Å². The van der Waals surface area contributed by atoms with Gasteiger partial charge in [0.05, 0.1) is 19.9 Å². The lowest BCUT2D eigenvalue weighted by Gasteiger charge is -2.15. The zero-order chi connectivity index (χ0) is 14.5. The normalized spacial score (nSPS) is 18.9. The fourth-order valence-corrected chi connectivity index (χ4v) is 2.13. The second kappa shape index (κ2) is 6.33. The van der Waals surface area contributed by atoms with Gasteiger partial charge in [-0.3, -0.25) is 9.58 Å². The van der Waals surface area contributed by atoms with Gasteiger partial charge in [-0.25, -0.2) is 9.59 Å². The summed E-state index contributed by atoms with van der Waals surface area (Å²) >= 11 is 0. The highest BCUT2D eigenvalue weighted by molar-refractivity contribution is 5.84. The molecule has 2 N–H and O–H groups in total. The van der Waals surface area contributed by atoms with Gasteiger partial charge < -0.3 is 15.2 Å². The van der Waals surface area contributed by atoms with E-state index in [9.17, 15) is 9.59 Å². The van der Waals surface area contributed by atoms with Gasteiger partial charge in [-0.1, -0.05) is 5.21 Å². The maximum Gasteiger partial charge on any atom is 0.407 e. The molecular weight excluding hydrogens is 266 g/mol. The molecule has 1 aromatic rings. The number of nitrogens with one attached hydrogen (secondary N) is 1. The molecule has 1 atom stereocenters. The summed E-state index contributed by atoms with van der Waals surface area (Å²) in [6.45, 7) is 2.90. The predicted octanol–water partition coefficient (Wildman–Crippen LogP) is -0.593. The van der Waals surface area contributed by atoms with Crippen LogP contribution >= 0.6 is 0 Å². The van der Waals surface area contributed by atoms with Crippen molar-refractivity contribution < 1.29 is 19.4 Å². The first kappa shape index (κ1) is 14.3. The van der Waals surface area contributed by atoms with E-state index in [1.807, 2.05) is 0 Å². The van der Waals surface area contributed by atoms with Crippen LogP contribution in [0.3, 0.4) is 0 Å². The third-order valence-corrected chi connectivity index (χ3v) is 3.18. The smallest absolute Gasteiger partial charge is 0.407 e. The van der Waals surface area contributed by atoms with Crippen LogP contribution in [0.25, 0.3) is 0 Å². The average Bonchev–Trinajstić information content (AvgIpc) is 3.05. The van der Waals surface area contributed by atoms with Gasteiger partial charge in [0.25, 0.3) is 0 Å². The first-order valence-corrected chi connectivity index (χ1v) is 6.28. The van der Waals surface area contributed by atoms with Gasteiger partial charge >= 0.3 is 12.1 Å². The van der Waals surface area contributed by atoms with Crippen molar-refractivity contribution in [3.8, 4) is 0 Å². The molecule has 1 unspecified atom stereocenters. The second-order valence-electron chi connectivity index (χ2n) is 4.59. The summed E-state index contributed by atoms with van der Waals surface area (Å²) in [5, 5.41) is 18.8. The Balaban J connectivity index is 1.75. The molecule has 0 aromatic carbocycles. The summed E-state index contributed by atoms with van der Waals surface area (Å²) in [6, 6.07) is 0.0905. The van der Waals surface area contributed by atoms with E-state index < -0.39 is 12.1 Å². The van der Waals surface area contributed by atoms with Gasteiger partial charge in [0.1, 0.15) is 0 Å². The average molecular weight is 283 g/mol. The maximum absolute atomic E-state index is 11.1. The number of aromatic carboxylic acids is 1. The lowest BCUT2D eigenvalue weighted by Crippen LogP contribution is -2.37. The van der Waals surface area contributed by atoms with Gasteiger partial charge in [-0.05, 0) is 6.42 Å². The van der Waals surface area contributed by atoms with E-state index in [0.29, 0.717) is 6.54 Å². The van der Waals surface area contributed by atoms with Gasteiger partial charge in [0.15, 0.2) is 5.69 Å². The van der Waals surface area contributed by atoms with Crippen molar-refractivity contribution in [2.24, 2.45) is 0 Å². The summed E-state index contributed by atoms with van der Waals surface area (Å²) in [6.07, 6.45) is 1.86. The zero-order valence-electron chi connectivity index (χ0n) is 11.2. The second-order valence-corrected chi connectivity index (χ2v) is 4.59. The Hall–Kier alpha value is -2.16. The first-order chi connectivity index (χ1) is 9.58. The Bertz CT molecular complexity index is 489. The number of methoxy groups -OCH3 is 1. The SMILES string of the molecule is COC(=O)NC1CCN(CCn2cc(C(=O)O)nn2)C1.